The van der Waals surface area contributed by atoms with E-state index in [1.807, 2.05) is 17.4 Å². The fourth-order valence-corrected chi connectivity index (χ4v) is 10.2. The lowest BCUT2D eigenvalue weighted by Crippen LogP contribution is -2.61. The lowest BCUT2D eigenvalue weighted by atomic mass is 9.43. The van der Waals surface area contributed by atoms with Crippen LogP contribution in [0.25, 0.3) is 64.4 Å². The van der Waals surface area contributed by atoms with E-state index in [0.29, 0.717) is 0 Å². The van der Waals surface area contributed by atoms with Crippen molar-refractivity contribution in [2.24, 2.45) is 0 Å². The monoisotopic (exact) mass is 692 g/mol. The molecule has 0 unspecified atom stereocenters. The molecule has 3 nitrogen and oxygen atoms in total. The second-order valence-corrected chi connectivity index (χ2v) is 15.1. The normalized spacial score (nSPS) is 13.2. The number of benzene rings is 8. The van der Waals surface area contributed by atoms with Gasteiger partial charge in [-0.05, 0) is 64.5 Å². The van der Waals surface area contributed by atoms with Gasteiger partial charge in [-0.2, -0.15) is 0 Å². The van der Waals surface area contributed by atoms with Crippen molar-refractivity contribution < 1.29 is 4.42 Å². The predicted octanol–water partition coefficient (Wildman–Crippen LogP) is 12.3. The van der Waals surface area contributed by atoms with E-state index in [2.05, 4.69) is 180 Å². The SMILES string of the molecule is c1ccc(-c2ccc3sc4ccccc4c3c2N2B3c4ccccc4N(c4cccc5c4oc4ccccc45)c4cccc(c43)-c3ccccc32)cc1. The van der Waals surface area contributed by atoms with Gasteiger partial charge < -0.3 is 14.1 Å². The van der Waals surface area contributed by atoms with Gasteiger partial charge in [-0.1, -0.05) is 133 Å². The van der Waals surface area contributed by atoms with Gasteiger partial charge in [0.25, 0.3) is 0 Å². The fourth-order valence-electron chi connectivity index (χ4n) is 9.11. The molecule has 0 N–H and O–H groups in total. The summed E-state index contributed by atoms with van der Waals surface area (Å²) < 4.78 is 9.30. The largest absolute Gasteiger partial charge is 0.454 e. The number of thiophene rings is 1. The summed E-state index contributed by atoms with van der Waals surface area (Å²) in [7, 11) is 0. The van der Waals surface area contributed by atoms with E-state index < -0.39 is 0 Å². The maximum atomic E-state index is 6.70. The first kappa shape index (κ1) is 29.1. The van der Waals surface area contributed by atoms with Crippen LogP contribution >= 0.6 is 11.3 Å². The topological polar surface area (TPSA) is 19.6 Å². The van der Waals surface area contributed by atoms with Gasteiger partial charge >= 0.3 is 6.85 Å². The van der Waals surface area contributed by atoms with Crippen molar-refractivity contribution in [3.8, 4) is 22.3 Å². The Kier molecular flexibility index (Phi) is 6.02. The summed E-state index contributed by atoms with van der Waals surface area (Å²) in [5.74, 6) is 0. The molecule has 0 saturated heterocycles. The van der Waals surface area contributed by atoms with E-state index in [0.717, 1.165) is 33.3 Å². The van der Waals surface area contributed by atoms with E-state index in [4.69, 9.17) is 4.42 Å². The van der Waals surface area contributed by atoms with E-state index in [1.54, 1.807) is 0 Å². The zero-order valence-corrected chi connectivity index (χ0v) is 29.3. The molecule has 0 aliphatic carbocycles. The summed E-state index contributed by atoms with van der Waals surface area (Å²) in [5.41, 5.74) is 15.1. The van der Waals surface area contributed by atoms with Crippen molar-refractivity contribution in [3.05, 3.63) is 176 Å². The van der Waals surface area contributed by atoms with Gasteiger partial charge in [-0.15, -0.1) is 11.3 Å². The molecule has 8 aromatic carbocycles. The Balaban J connectivity index is 1.21. The highest BCUT2D eigenvalue weighted by Crippen LogP contribution is 2.52. The molecule has 4 heterocycles. The molecule has 2 aliphatic heterocycles. The van der Waals surface area contributed by atoms with Crippen LogP contribution in [0.5, 0.6) is 0 Å². The summed E-state index contributed by atoms with van der Waals surface area (Å²) >= 11 is 1.88. The number of fused-ring (bicyclic) bond motifs is 10. The number of nitrogens with zero attached hydrogens (tertiary/aromatic N) is 2. The Morgan fingerprint density at radius 3 is 2.06 bits per heavy atom. The fraction of sp³-hybridized carbons (Fsp3) is 0. The summed E-state index contributed by atoms with van der Waals surface area (Å²) in [6, 6.07) is 64.2. The highest BCUT2D eigenvalue weighted by molar-refractivity contribution is 7.26. The van der Waals surface area contributed by atoms with E-state index in [1.165, 1.54) is 70.4 Å². The number of hydrogen-bond acceptors (Lipinski definition) is 4. The van der Waals surface area contributed by atoms with Crippen LogP contribution in [0.4, 0.5) is 28.4 Å². The average molecular weight is 693 g/mol. The zero-order chi connectivity index (χ0) is 34.6. The molecule has 246 valence electrons. The van der Waals surface area contributed by atoms with Crippen LogP contribution in [-0.4, -0.2) is 6.85 Å². The van der Waals surface area contributed by atoms with Crippen LogP contribution in [-0.2, 0) is 0 Å². The average Bonchev–Trinajstić information content (AvgIpc) is 3.80. The molecule has 5 heteroatoms. The predicted molar refractivity (Wildman–Crippen MR) is 226 cm³/mol. The molecule has 53 heavy (non-hydrogen) atoms. The number of anilines is 5. The maximum absolute atomic E-state index is 6.70. The number of para-hydroxylation sites is 4. The van der Waals surface area contributed by atoms with Crippen molar-refractivity contribution in [1.82, 2.24) is 0 Å². The summed E-state index contributed by atoms with van der Waals surface area (Å²) in [4.78, 5) is 5.11. The highest BCUT2D eigenvalue weighted by Gasteiger charge is 2.46. The van der Waals surface area contributed by atoms with Gasteiger partial charge in [0.2, 0.25) is 0 Å². The van der Waals surface area contributed by atoms with Crippen molar-refractivity contribution in [2.45, 2.75) is 0 Å². The minimum absolute atomic E-state index is 0.0925. The molecule has 0 atom stereocenters. The third-order valence-corrected chi connectivity index (χ3v) is 12.4. The minimum Gasteiger partial charge on any atom is -0.454 e. The molecule has 12 rings (SSSR count). The molecular formula is C48H29BN2OS. The highest BCUT2D eigenvalue weighted by atomic mass is 32.1. The Bertz CT molecular complexity index is 3110. The van der Waals surface area contributed by atoms with Gasteiger partial charge in [0.15, 0.2) is 5.58 Å². The van der Waals surface area contributed by atoms with Crippen molar-refractivity contribution >= 4 is 99.7 Å². The molecule has 0 saturated carbocycles. The van der Waals surface area contributed by atoms with Crippen LogP contribution < -0.4 is 20.6 Å². The number of hydrogen-bond donors (Lipinski definition) is 0. The lowest BCUT2D eigenvalue weighted by molar-refractivity contribution is 0.669. The van der Waals surface area contributed by atoms with Crippen LogP contribution in [0.3, 0.4) is 0 Å². The standard InChI is InChI=1S/C48H29BN2OS/c1-2-14-30(15-3-1)31-28-29-44-45(36-18-6-11-27-43(36)53-44)47(31)51-38-22-8-4-16-32(38)34-19-12-24-40-46(34)49(51)37-21-7-9-23-39(37)50(40)41-25-13-20-35-33-17-5-10-26-42(33)52-48(35)41/h1-29H. The third-order valence-electron chi connectivity index (χ3n) is 11.2. The van der Waals surface area contributed by atoms with Crippen LogP contribution in [0.15, 0.2) is 180 Å². The number of furan rings is 1. The maximum Gasteiger partial charge on any atom is 0.333 e. The minimum atomic E-state index is -0.0925. The van der Waals surface area contributed by atoms with Crippen molar-refractivity contribution in [1.29, 1.82) is 0 Å². The molecule has 0 amide bonds. The summed E-state index contributed by atoms with van der Waals surface area (Å²) in [6.07, 6.45) is 0. The first-order chi connectivity index (χ1) is 26.3. The lowest BCUT2D eigenvalue weighted by Gasteiger charge is -2.46. The van der Waals surface area contributed by atoms with E-state index in [9.17, 15) is 0 Å². The van der Waals surface area contributed by atoms with Gasteiger partial charge in [0.1, 0.15) is 5.58 Å². The third kappa shape index (κ3) is 4.00. The first-order valence-corrected chi connectivity index (χ1v) is 19.0. The molecule has 2 aromatic heterocycles. The summed E-state index contributed by atoms with van der Waals surface area (Å²) in [5, 5.41) is 4.85. The van der Waals surface area contributed by atoms with Crippen molar-refractivity contribution in [2.75, 3.05) is 9.71 Å². The van der Waals surface area contributed by atoms with Crippen molar-refractivity contribution in [3.63, 3.8) is 0 Å². The van der Waals surface area contributed by atoms with Gasteiger partial charge in [-0.3, -0.25) is 0 Å². The zero-order valence-electron chi connectivity index (χ0n) is 28.5. The molecule has 2 aliphatic rings. The van der Waals surface area contributed by atoms with Crippen LogP contribution in [0.1, 0.15) is 0 Å². The molecule has 0 fully saturated rings. The Labute approximate surface area is 310 Å². The van der Waals surface area contributed by atoms with Crippen LogP contribution in [0, 0.1) is 0 Å². The van der Waals surface area contributed by atoms with Gasteiger partial charge in [0, 0.05) is 64.8 Å². The second kappa shape index (κ2) is 11.0. The van der Waals surface area contributed by atoms with Gasteiger partial charge in [0.05, 0.1) is 5.69 Å². The molecule has 0 bridgehead atoms. The molecule has 0 radical (unpaired) electrons. The smallest absolute Gasteiger partial charge is 0.333 e. The Morgan fingerprint density at radius 1 is 0.453 bits per heavy atom. The Hall–Kier alpha value is -6.56. The van der Waals surface area contributed by atoms with Crippen LogP contribution in [0.2, 0.25) is 0 Å². The molecule has 10 aromatic rings. The first-order valence-electron chi connectivity index (χ1n) is 18.1. The molecule has 0 spiro atoms. The Morgan fingerprint density at radius 2 is 1.13 bits per heavy atom. The molecular weight excluding hydrogens is 663 g/mol. The summed E-state index contributed by atoms with van der Waals surface area (Å²) in [6.45, 7) is -0.0925. The van der Waals surface area contributed by atoms with Gasteiger partial charge in [-0.25, -0.2) is 0 Å². The second-order valence-electron chi connectivity index (χ2n) is 14.0. The quantitative estimate of drug-likeness (QED) is 0.172. The number of rotatable bonds is 3. The van der Waals surface area contributed by atoms with E-state index in [-0.39, 0.29) is 6.85 Å². The van der Waals surface area contributed by atoms with E-state index >= 15 is 0 Å².